The summed E-state index contributed by atoms with van der Waals surface area (Å²) in [6.45, 7) is 3.37. The van der Waals surface area contributed by atoms with Gasteiger partial charge in [-0.1, -0.05) is 17.7 Å². The molecule has 0 fully saturated rings. The number of fused-ring (bicyclic) bond motifs is 1. The monoisotopic (exact) mass is 379 g/mol. The Bertz CT molecular complexity index is 1010. The predicted octanol–water partition coefficient (Wildman–Crippen LogP) is 2.57. The largest absolute Gasteiger partial charge is 0.283 e. The first-order valence-corrected chi connectivity index (χ1v) is 8.33. The van der Waals surface area contributed by atoms with Crippen LogP contribution in [0.25, 0.3) is 16.7 Å². The van der Waals surface area contributed by atoms with Gasteiger partial charge >= 0.3 is 0 Å². The van der Waals surface area contributed by atoms with Crippen LogP contribution in [0.1, 0.15) is 13.8 Å². The molecule has 2 heterocycles. The molecule has 25 heavy (non-hydrogen) atoms. The molecule has 1 aromatic carbocycles. The highest BCUT2D eigenvalue weighted by Gasteiger charge is 2.27. The Morgan fingerprint density at radius 3 is 2.80 bits per heavy atom. The molecule has 0 aliphatic heterocycles. The van der Waals surface area contributed by atoms with Crippen LogP contribution in [0.5, 0.6) is 0 Å². The van der Waals surface area contributed by atoms with E-state index in [1.54, 1.807) is 38.1 Å². The van der Waals surface area contributed by atoms with Crippen LogP contribution in [-0.4, -0.2) is 31.2 Å². The average Bonchev–Trinajstić information content (AvgIpc) is 3.02. The van der Waals surface area contributed by atoms with Gasteiger partial charge in [-0.15, -0.1) is 11.6 Å². The molecule has 0 saturated carbocycles. The second-order valence-corrected chi connectivity index (χ2v) is 6.86. The number of benzene rings is 1. The number of hydrogen-bond acceptors (Lipinski definition) is 4. The lowest BCUT2D eigenvalue weighted by Crippen LogP contribution is -2.41. The highest BCUT2D eigenvalue weighted by atomic mass is 35.5. The number of nitrogens with zero attached hydrogens (tertiary/aromatic N) is 4. The first-order chi connectivity index (χ1) is 11.8. The Balaban J connectivity index is 2.03. The lowest BCUT2D eigenvalue weighted by Gasteiger charge is -2.20. The SMILES string of the molecule is CC(C)(CCl)C(=O)Nn1cnc2c(cnn2-c2cccc(Cl)c2)c1=O. The first-order valence-electron chi connectivity index (χ1n) is 7.42. The molecule has 9 heteroatoms. The summed E-state index contributed by atoms with van der Waals surface area (Å²) in [5, 5.41) is 5.02. The molecule has 130 valence electrons. The van der Waals surface area contributed by atoms with E-state index in [0.717, 1.165) is 4.68 Å². The molecular weight excluding hydrogens is 365 g/mol. The number of nitrogens with one attached hydrogen (secondary N) is 1. The third-order valence-corrected chi connectivity index (χ3v) is 4.62. The first kappa shape index (κ1) is 17.4. The zero-order chi connectivity index (χ0) is 18.2. The molecule has 0 unspecified atom stereocenters. The van der Waals surface area contributed by atoms with E-state index in [-0.39, 0.29) is 17.2 Å². The Hall–Kier alpha value is -2.38. The molecule has 0 saturated heterocycles. The molecule has 3 aromatic rings. The fourth-order valence-corrected chi connectivity index (χ4v) is 2.42. The minimum Gasteiger partial charge on any atom is -0.273 e. The second kappa shape index (κ2) is 6.50. The molecule has 0 bridgehead atoms. The lowest BCUT2D eigenvalue weighted by atomic mass is 9.96. The number of amides is 1. The minimum absolute atomic E-state index is 0.121. The number of aromatic nitrogens is 4. The van der Waals surface area contributed by atoms with Crippen molar-refractivity contribution in [1.82, 2.24) is 19.4 Å². The Kier molecular flexibility index (Phi) is 4.53. The van der Waals surface area contributed by atoms with Crippen LogP contribution in [0.15, 0.2) is 41.6 Å². The molecule has 0 atom stereocenters. The smallest absolute Gasteiger partial charge is 0.273 e. The van der Waals surface area contributed by atoms with Crippen molar-refractivity contribution in [3.05, 3.63) is 52.2 Å². The van der Waals surface area contributed by atoms with Crippen molar-refractivity contribution >= 4 is 40.1 Å². The molecule has 1 amide bonds. The summed E-state index contributed by atoms with van der Waals surface area (Å²) in [7, 11) is 0. The summed E-state index contributed by atoms with van der Waals surface area (Å²) in [5.41, 5.74) is 2.31. The molecular formula is C16H15Cl2N5O2. The number of alkyl halides is 1. The van der Waals surface area contributed by atoms with Crippen molar-refractivity contribution in [3.8, 4) is 5.69 Å². The summed E-state index contributed by atoms with van der Waals surface area (Å²) >= 11 is 11.8. The molecule has 0 spiro atoms. The van der Waals surface area contributed by atoms with Crippen molar-refractivity contribution in [2.45, 2.75) is 13.8 Å². The molecule has 1 N–H and O–H groups in total. The molecule has 3 rings (SSSR count). The van der Waals surface area contributed by atoms with Gasteiger partial charge < -0.3 is 0 Å². The van der Waals surface area contributed by atoms with Crippen molar-refractivity contribution < 1.29 is 4.79 Å². The average molecular weight is 380 g/mol. The number of hydrogen-bond donors (Lipinski definition) is 1. The molecule has 2 aromatic heterocycles. The fraction of sp³-hybridized carbons (Fsp3) is 0.250. The van der Waals surface area contributed by atoms with E-state index >= 15 is 0 Å². The van der Waals surface area contributed by atoms with Crippen molar-refractivity contribution in [2.24, 2.45) is 5.41 Å². The lowest BCUT2D eigenvalue weighted by molar-refractivity contribution is -0.124. The quantitative estimate of drug-likeness (QED) is 0.706. The van der Waals surface area contributed by atoms with Gasteiger partial charge in [0.05, 0.1) is 17.3 Å². The number of carbonyl (C=O) groups is 1. The predicted molar refractivity (Wildman–Crippen MR) is 97.0 cm³/mol. The molecule has 7 nitrogen and oxygen atoms in total. The summed E-state index contributed by atoms with van der Waals surface area (Å²) < 4.78 is 2.54. The topological polar surface area (TPSA) is 81.8 Å². The Morgan fingerprint density at radius 2 is 2.12 bits per heavy atom. The van der Waals surface area contributed by atoms with Crippen LogP contribution in [0.3, 0.4) is 0 Å². The third-order valence-electron chi connectivity index (χ3n) is 3.71. The summed E-state index contributed by atoms with van der Waals surface area (Å²) in [6.07, 6.45) is 2.65. The van der Waals surface area contributed by atoms with Gasteiger partial charge in [-0.05, 0) is 32.0 Å². The Labute approximate surface area is 153 Å². The zero-order valence-electron chi connectivity index (χ0n) is 13.5. The van der Waals surface area contributed by atoms with E-state index in [1.165, 1.54) is 17.2 Å². The number of halogens is 2. The van der Waals surface area contributed by atoms with Crippen molar-refractivity contribution in [1.29, 1.82) is 0 Å². The van der Waals surface area contributed by atoms with Crippen LogP contribution in [0.2, 0.25) is 5.02 Å². The van der Waals surface area contributed by atoms with Gasteiger partial charge in [0.25, 0.3) is 5.56 Å². The van der Waals surface area contributed by atoms with E-state index in [9.17, 15) is 9.59 Å². The number of rotatable bonds is 4. The van der Waals surface area contributed by atoms with E-state index < -0.39 is 11.0 Å². The molecule has 0 aliphatic rings. The summed E-state index contributed by atoms with van der Waals surface area (Å²) in [6, 6.07) is 7.04. The van der Waals surface area contributed by atoms with Gasteiger partial charge in [-0.2, -0.15) is 5.10 Å². The van der Waals surface area contributed by atoms with Gasteiger partial charge in [0.1, 0.15) is 11.7 Å². The van der Waals surface area contributed by atoms with Crippen molar-refractivity contribution in [2.75, 3.05) is 11.3 Å². The van der Waals surface area contributed by atoms with Crippen LogP contribution in [-0.2, 0) is 4.79 Å². The summed E-state index contributed by atoms with van der Waals surface area (Å²) in [5.74, 6) is -0.261. The van der Waals surface area contributed by atoms with Crippen LogP contribution in [0, 0.1) is 5.41 Å². The van der Waals surface area contributed by atoms with Gasteiger partial charge in [0.15, 0.2) is 5.65 Å². The number of carbonyl (C=O) groups excluding carboxylic acids is 1. The van der Waals surface area contributed by atoms with Crippen LogP contribution >= 0.6 is 23.2 Å². The maximum Gasteiger partial charge on any atom is 0.283 e. The van der Waals surface area contributed by atoms with Gasteiger partial charge in [0.2, 0.25) is 5.91 Å². The highest BCUT2D eigenvalue weighted by molar-refractivity contribution is 6.30. The van der Waals surface area contributed by atoms with Crippen molar-refractivity contribution in [3.63, 3.8) is 0 Å². The minimum atomic E-state index is -0.819. The van der Waals surface area contributed by atoms with Gasteiger partial charge in [0, 0.05) is 10.9 Å². The maximum absolute atomic E-state index is 12.6. The van der Waals surface area contributed by atoms with Gasteiger partial charge in [-0.25, -0.2) is 14.3 Å². The van der Waals surface area contributed by atoms with Gasteiger partial charge in [-0.3, -0.25) is 15.0 Å². The summed E-state index contributed by atoms with van der Waals surface area (Å²) in [4.78, 5) is 29.0. The van der Waals surface area contributed by atoms with E-state index in [0.29, 0.717) is 16.4 Å². The second-order valence-electron chi connectivity index (χ2n) is 6.15. The third kappa shape index (κ3) is 3.25. The van der Waals surface area contributed by atoms with Crippen LogP contribution < -0.4 is 11.0 Å². The standard InChI is InChI=1S/C16H15Cl2N5O2/c1-16(2,8-17)15(25)21-22-9-19-13-12(14(22)24)7-20-23(13)11-5-3-4-10(18)6-11/h3-7,9H,8H2,1-2H3,(H,21,25). The molecule has 0 aliphatic carbocycles. The van der Waals surface area contributed by atoms with E-state index in [4.69, 9.17) is 23.2 Å². The van der Waals surface area contributed by atoms with E-state index in [2.05, 4.69) is 15.5 Å². The maximum atomic E-state index is 12.6. The van der Waals surface area contributed by atoms with E-state index in [1.807, 2.05) is 0 Å². The zero-order valence-corrected chi connectivity index (χ0v) is 15.0. The highest BCUT2D eigenvalue weighted by Crippen LogP contribution is 2.18. The normalized spacial score (nSPS) is 11.7. The Morgan fingerprint density at radius 1 is 1.36 bits per heavy atom. The molecule has 0 radical (unpaired) electrons. The fourth-order valence-electron chi connectivity index (χ4n) is 2.11. The van der Waals surface area contributed by atoms with Crippen LogP contribution in [0.4, 0.5) is 0 Å².